The number of nitrogens with two attached hydrogens (primary N) is 1. The number of nitrogens with zero attached hydrogens (tertiary/aromatic N) is 4. The second-order valence-corrected chi connectivity index (χ2v) is 4.03. The van der Waals surface area contributed by atoms with Crippen LogP contribution in [0.25, 0.3) is 11.3 Å². The average Bonchev–Trinajstić information content (AvgIpc) is 2.44. The van der Waals surface area contributed by atoms with E-state index in [2.05, 4.69) is 4.98 Å². The quantitative estimate of drug-likeness (QED) is 0.625. The van der Waals surface area contributed by atoms with Crippen molar-refractivity contribution in [3.63, 3.8) is 0 Å². The summed E-state index contributed by atoms with van der Waals surface area (Å²) < 4.78 is 4.81. The molecular formula is C10H5N5O8. The van der Waals surface area contributed by atoms with Gasteiger partial charge in [-0.3, -0.25) is 35.1 Å². The number of nitro benzene ring substituents is 3. The van der Waals surface area contributed by atoms with Gasteiger partial charge in [0.2, 0.25) is 0 Å². The summed E-state index contributed by atoms with van der Waals surface area (Å²) in [6.45, 7) is 0. The van der Waals surface area contributed by atoms with Crippen molar-refractivity contribution < 1.29 is 19.2 Å². The highest BCUT2D eigenvalue weighted by Crippen LogP contribution is 2.40. The molecule has 0 saturated carbocycles. The Morgan fingerprint density at radius 1 is 0.957 bits per heavy atom. The summed E-state index contributed by atoms with van der Waals surface area (Å²) in [5.74, 6) is -0.601. The van der Waals surface area contributed by atoms with Crippen molar-refractivity contribution in [2.24, 2.45) is 0 Å². The molecule has 23 heavy (non-hydrogen) atoms. The zero-order valence-electron chi connectivity index (χ0n) is 10.9. The van der Waals surface area contributed by atoms with E-state index in [1.807, 2.05) is 0 Å². The van der Waals surface area contributed by atoms with Crippen molar-refractivity contribution in [3.8, 4) is 11.3 Å². The largest absolute Gasteiger partial charge is 0.425 e. The Morgan fingerprint density at radius 2 is 1.48 bits per heavy atom. The van der Waals surface area contributed by atoms with Crippen LogP contribution in [0.1, 0.15) is 0 Å². The van der Waals surface area contributed by atoms with Gasteiger partial charge in [-0.2, -0.15) is 4.98 Å². The summed E-state index contributed by atoms with van der Waals surface area (Å²) >= 11 is 0. The third-order valence-electron chi connectivity index (χ3n) is 2.62. The van der Waals surface area contributed by atoms with Crippen LogP contribution in [0.5, 0.6) is 0 Å². The van der Waals surface area contributed by atoms with Crippen molar-refractivity contribution in [2.75, 3.05) is 5.73 Å². The van der Waals surface area contributed by atoms with Crippen molar-refractivity contribution in [1.29, 1.82) is 0 Å². The van der Waals surface area contributed by atoms with Crippen LogP contribution in [-0.4, -0.2) is 19.8 Å². The molecule has 13 heteroatoms. The van der Waals surface area contributed by atoms with Crippen molar-refractivity contribution in [3.05, 3.63) is 58.9 Å². The summed E-state index contributed by atoms with van der Waals surface area (Å²) in [6, 6.07) is 1.00. The van der Waals surface area contributed by atoms with Gasteiger partial charge < -0.3 is 10.2 Å². The molecule has 1 aromatic heterocycles. The monoisotopic (exact) mass is 323 g/mol. The highest BCUT2D eigenvalue weighted by atomic mass is 16.6. The Morgan fingerprint density at radius 3 is 1.87 bits per heavy atom. The molecule has 118 valence electrons. The van der Waals surface area contributed by atoms with Gasteiger partial charge in [-0.05, 0) is 0 Å². The minimum Gasteiger partial charge on any atom is -0.425 e. The molecule has 0 unspecified atom stereocenters. The maximum atomic E-state index is 11.3. The Labute approximate surface area is 124 Å². The molecule has 0 fully saturated rings. The van der Waals surface area contributed by atoms with Crippen LogP contribution >= 0.6 is 0 Å². The lowest BCUT2D eigenvalue weighted by atomic mass is 10.1. The van der Waals surface area contributed by atoms with Crippen LogP contribution in [0.2, 0.25) is 0 Å². The maximum Gasteiger partial charge on any atom is 0.295 e. The number of hydrogen-bond acceptors (Lipinski definition) is 10. The lowest BCUT2D eigenvalue weighted by Gasteiger charge is -2.04. The van der Waals surface area contributed by atoms with E-state index >= 15 is 0 Å². The highest BCUT2D eigenvalue weighted by molar-refractivity contribution is 5.81. The molecule has 13 nitrogen and oxygen atoms in total. The highest BCUT2D eigenvalue weighted by Gasteiger charge is 2.33. The van der Waals surface area contributed by atoms with Gasteiger partial charge in [0.25, 0.3) is 28.6 Å². The normalized spacial score (nSPS) is 10.3. The zero-order valence-corrected chi connectivity index (χ0v) is 10.9. The lowest BCUT2D eigenvalue weighted by Crippen LogP contribution is -2.09. The second-order valence-electron chi connectivity index (χ2n) is 4.03. The molecule has 0 radical (unpaired) electrons. The van der Waals surface area contributed by atoms with E-state index < -0.39 is 54.7 Å². The summed E-state index contributed by atoms with van der Waals surface area (Å²) in [5, 5.41) is 33.0. The van der Waals surface area contributed by atoms with Crippen molar-refractivity contribution in [1.82, 2.24) is 4.98 Å². The van der Waals surface area contributed by atoms with Gasteiger partial charge in [-0.1, -0.05) is 0 Å². The van der Waals surface area contributed by atoms with E-state index in [1.54, 1.807) is 0 Å². The minimum atomic E-state index is -1.08. The van der Waals surface area contributed by atoms with Gasteiger partial charge in [-0.15, -0.1) is 0 Å². The first-order valence-corrected chi connectivity index (χ1v) is 5.60. The van der Waals surface area contributed by atoms with Crippen LogP contribution in [0.4, 0.5) is 23.1 Å². The number of nitro groups is 3. The van der Waals surface area contributed by atoms with Crippen LogP contribution in [0, 0.1) is 30.3 Å². The van der Waals surface area contributed by atoms with Crippen LogP contribution in [-0.2, 0) is 0 Å². The summed E-state index contributed by atoms with van der Waals surface area (Å²) in [7, 11) is 0. The molecule has 0 aliphatic carbocycles. The van der Waals surface area contributed by atoms with Crippen LogP contribution in [0.15, 0.2) is 27.4 Å². The SMILES string of the molecule is Nc1nc(=O)cc(-c2c([N+](=O)[O-])cc([N+](=O)[O-])cc2[N+](=O)[O-])o1. The van der Waals surface area contributed by atoms with Gasteiger partial charge in [0.05, 0.1) is 26.9 Å². The first-order valence-electron chi connectivity index (χ1n) is 5.60. The molecule has 0 aliphatic rings. The summed E-state index contributed by atoms with van der Waals surface area (Å²) in [5.41, 5.74) is 0.686. The molecule has 0 aliphatic heterocycles. The predicted octanol–water partition coefficient (Wildman–Crippen LogP) is 1.01. The second kappa shape index (κ2) is 5.47. The topological polar surface area (TPSA) is 199 Å². The molecule has 1 aromatic carbocycles. The van der Waals surface area contributed by atoms with Gasteiger partial charge in [0.15, 0.2) is 11.3 Å². The first kappa shape index (κ1) is 15.5. The number of nitrogen functional groups attached to an aromatic ring is 1. The molecule has 2 aromatic rings. The van der Waals surface area contributed by atoms with Gasteiger partial charge in [0.1, 0.15) is 0 Å². The van der Waals surface area contributed by atoms with Gasteiger partial charge >= 0.3 is 0 Å². The van der Waals surface area contributed by atoms with E-state index in [9.17, 15) is 35.1 Å². The fourth-order valence-corrected chi connectivity index (χ4v) is 1.78. The molecule has 0 amide bonds. The molecule has 0 atom stereocenters. The molecular weight excluding hydrogens is 318 g/mol. The number of anilines is 1. The third-order valence-corrected chi connectivity index (χ3v) is 2.62. The van der Waals surface area contributed by atoms with Crippen molar-refractivity contribution in [2.45, 2.75) is 0 Å². The molecule has 2 N–H and O–H groups in total. The minimum absolute atomic E-state index is 0.513. The molecule has 0 saturated heterocycles. The number of aromatic nitrogens is 1. The summed E-state index contributed by atoms with van der Waals surface area (Å²) in [6.07, 6.45) is 0. The number of benzene rings is 1. The number of non-ortho nitro benzene ring substituents is 1. The van der Waals surface area contributed by atoms with E-state index in [0.29, 0.717) is 18.2 Å². The Kier molecular flexibility index (Phi) is 3.68. The molecule has 2 rings (SSSR count). The fraction of sp³-hybridized carbons (Fsp3) is 0. The van der Waals surface area contributed by atoms with E-state index in [0.717, 1.165) is 0 Å². The zero-order chi connectivity index (χ0) is 17.3. The third kappa shape index (κ3) is 2.92. The van der Waals surface area contributed by atoms with E-state index in [-0.39, 0.29) is 0 Å². The average molecular weight is 323 g/mol. The Balaban J connectivity index is 2.94. The number of hydrogen-bond donors (Lipinski definition) is 1. The smallest absolute Gasteiger partial charge is 0.295 e. The van der Waals surface area contributed by atoms with Crippen LogP contribution < -0.4 is 11.3 Å². The Hall–Kier alpha value is -3.90. The lowest BCUT2D eigenvalue weighted by molar-refractivity contribution is -0.402. The van der Waals surface area contributed by atoms with Crippen molar-refractivity contribution >= 4 is 23.1 Å². The van der Waals surface area contributed by atoms with E-state index in [4.69, 9.17) is 10.2 Å². The first-order chi connectivity index (χ1) is 10.7. The van der Waals surface area contributed by atoms with Gasteiger partial charge in [-0.25, -0.2) is 0 Å². The Bertz CT molecular complexity index is 869. The van der Waals surface area contributed by atoms with Crippen LogP contribution in [0.3, 0.4) is 0 Å². The van der Waals surface area contributed by atoms with Gasteiger partial charge in [0, 0.05) is 6.07 Å². The molecule has 0 bridgehead atoms. The standard InChI is InChI=1S/C10H5N5O8/c11-10-12-8(16)3-7(23-10)9-5(14(19)20)1-4(13(17)18)2-6(9)15(21)22/h1-3H,(H2,11,12,16). The summed E-state index contributed by atoms with van der Waals surface area (Å²) in [4.78, 5) is 44.3. The molecule has 0 spiro atoms. The van der Waals surface area contributed by atoms with E-state index in [1.165, 1.54) is 0 Å². The maximum absolute atomic E-state index is 11.3. The predicted molar refractivity (Wildman–Crippen MR) is 72.6 cm³/mol. The number of rotatable bonds is 4. The molecule has 1 heterocycles. The fourth-order valence-electron chi connectivity index (χ4n) is 1.78.